The Kier molecular flexibility index (Phi) is 6.79. The predicted molar refractivity (Wildman–Crippen MR) is 74.6 cm³/mol. The second-order valence-electron chi connectivity index (χ2n) is 4.89. The van der Waals surface area contributed by atoms with Crippen molar-refractivity contribution in [3.8, 4) is 0 Å². The minimum Gasteiger partial charge on any atom is -0.303 e. The quantitative estimate of drug-likeness (QED) is 0.390. The molecule has 0 radical (unpaired) electrons. The molecule has 0 aromatic heterocycles. The van der Waals surface area contributed by atoms with Crippen LogP contribution in [0.1, 0.15) is 31.7 Å². The Balaban J connectivity index is 2.63. The van der Waals surface area contributed by atoms with Crippen LogP contribution in [0.2, 0.25) is 0 Å². The molecule has 0 N–H and O–H groups in total. The molecule has 104 valence electrons. The first kappa shape index (κ1) is 15.3. The molecular formula is C15H21NO3. The first-order valence-corrected chi connectivity index (χ1v) is 6.78. The molecule has 1 aromatic carbocycles. The average molecular weight is 263 g/mol. The monoisotopic (exact) mass is 263 g/mol. The number of aryl methyl sites for hydroxylation is 1. The SMILES string of the molecule is CCC[C@@H](C=O)[C@H](CCc1ccccc1)C[N+](=O)[O-]. The van der Waals surface area contributed by atoms with Gasteiger partial charge in [-0.3, -0.25) is 10.1 Å². The molecule has 4 heteroatoms. The summed E-state index contributed by atoms with van der Waals surface area (Å²) in [5.74, 6) is -0.355. The van der Waals surface area contributed by atoms with Crippen LogP contribution in [0.25, 0.3) is 0 Å². The number of benzene rings is 1. The maximum atomic E-state index is 11.1. The van der Waals surface area contributed by atoms with Gasteiger partial charge >= 0.3 is 0 Å². The van der Waals surface area contributed by atoms with E-state index in [0.29, 0.717) is 6.42 Å². The molecule has 0 spiro atoms. The summed E-state index contributed by atoms with van der Waals surface area (Å²) in [4.78, 5) is 21.5. The zero-order valence-electron chi connectivity index (χ0n) is 11.3. The van der Waals surface area contributed by atoms with E-state index in [1.165, 1.54) is 0 Å². The molecule has 4 nitrogen and oxygen atoms in total. The summed E-state index contributed by atoms with van der Waals surface area (Å²) < 4.78 is 0. The van der Waals surface area contributed by atoms with Gasteiger partial charge in [0.1, 0.15) is 6.29 Å². The van der Waals surface area contributed by atoms with Gasteiger partial charge in [0, 0.05) is 16.8 Å². The lowest BCUT2D eigenvalue weighted by Gasteiger charge is -2.18. The zero-order chi connectivity index (χ0) is 14.1. The van der Waals surface area contributed by atoms with Crippen LogP contribution in [0, 0.1) is 22.0 Å². The molecule has 0 bridgehead atoms. The fourth-order valence-corrected chi connectivity index (χ4v) is 2.38. The largest absolute Gasteiger partial charge is 0.303 e. The molecule has 0 heterocycles. The van der Waals surface area contributed by atoms with E-state index in [2.05, 4.69) is 0 Å². The van der Waals surface area contributed by atoms with Crippen LogP contribution in [0.3, 0.4) is 0 Å². The minimum atomic E-state index is -0.304. The lowest BCUT2D eigenvalue weighted by Crippen LogP contribution is -2.25. The second kappa shape index (κ2) is 8.40. The molecule has 0 fully saturated rings. The normalized spacial score (nSPS) is 13.7. The number of carbonyl (C=O) groups is 1. The number of nitro groups is 1. The molecule has 0 aliphatic rings. The number of rotatable bonds is 9. The summed E-state index contributed by atoms with van der Waals surface area (Å²) in [5, 5.41) is 10.7. The van der Waals surface area contributed by atoms with Crippen molar-refractivity contribution in [3.63, 3.8) is 0 Å². The van der Waals surface area contributed by atoms with Crippen LogP contribution < -0.4 is 0 Å². The summed E-state index contributed by atoms with van der Waals surface area (Å²) in [6.07, 6.45) is 3.98. The molecule has 0 aliphatic heterocycles. The topological polar surface area (TPSA) is 60.2 Å². The van der Waals surface area contributed by atoms with E-state index in [4.69, 9.17) is 0 Å². The molecule has 0 aliphatic carbocycles. The van der Waals surface area contributed by atoms with Crippen molar-refractivity contribution in [2.24, 2.45) is 11.8 Å². The lowest BCUT2D eigenvalue weighted by atomic mass is 9.85. The van der Waals surface area contributed by atoms with Gasteiger partial charge in [-0.1, -0.05) is 43.7 Å². The van der Waals surface area contributed by atoms with Gasteiger partial charge in [-0.25, -0.2) is 0 Å². The van der Waals surface area contributed by atoms with Gasteiger partial charge in [0.2, 0.25) is 6.54 Å². The Morgan fingerprint density at radius 3 is 2.47 bits per heavy atom. The highest BCUT2D eigenvalue weighted by atomic mass is 16.6. The molecule has 0 saturated heterocycles. The molecule has 1 rings (SSSR count). The molecule has 19 heavy (non-hydrogen) atoms. The first-order chi connectivity index (χ1) is 9.17. The van der Waals surface area contributed by atoms with Crippen LogP contribution in [-0.2, 0) is 11.2 Å². The molecular weight excluding hydrogens is 242 g/mol. The first-order valence-electron chi connectivity index (χ1n) is 6.78. The molecule has 0 saturated carbocycles. The Morgan fingerprint density at radius 1 is 1.26 bits per heavy atom. The van der Waals surface area contributed by atoms with E-state index in [-0.39, 0.29) is 23.3 Å². The summed E-state index contributed by atoms with van der Waals surface area (Å²) in [6.45, 7) is 1.88. The Labute approximate surface area is 114 Å². The van der Waals surface area contributed by atoms with E-state index < -0.39 is 0 Å². The molecule has 1 aromatic rings. The highest BCUT2D eigenvalue weighted by molar-refractivity contribution is 5.54. The highest BCUT2D eigenvalue weighted by Gasteiger charge is 2.24. The van der Waals surface area contributed by atoms with Crippen molar-refractivity contribution in [2.75, 3.05) is 6.54 Å². The van der Waals surface area contributed by atoms with Gasteiger partial charge in [0.05, 0.1) is 0 Å². The molecule has 0 unspecified atom stereocenters. The van der Waals surface area contributed by atoms with Crippen LogP contribution in [-0.4, -0.2) is 17.8 Å². The van der Waals surface area contributed by atoms with E-state index in [1.807, 2.05) is 37.3 Å². The van der Waals surface area contributed by atoms with Gasteiger partial charge in [-0.05, 0) is 24.8 Å². The van der Waals surface area contributed by atoms with Crippen LogP contribution in [0.4, 0.5) is 0 Å². The summed E-state index contributed by atoms with van der Waals surface area (Å²) in [6, 6.07) is 9.89. The summed E-state index contributed by atoms with van der Waals surface area (Å²) in [7, 11) is 0. The third-order valence-electron chi connectivity index (χ3n) is 3.43. The fourth-order valence-electron chi connectivity index (χ4n) is 2.38. The van der Waals surface area contributed by atoms with Crippen molar-refractivity contribution in [3.05, 3.63) is 46.0 Å². The number of aldehydes is 1. The summed E-state index contributed by atoms with van der Waals surface area (Å²) in [5.41, 5.74) is 1.16. The predicted octanol–water partition coefficient (Wildman–Crippen LogP) is 3.13. The van der Waals surface area contributed by atoms with Crippen molar-refractivity contribution < 1.29 is 9.72 Å². The van der Waals surface area contributed by atoms with E-state index in [9.17, 15) is 14.9 Å². The maximum absolute atomic E-state index is 11.1. The second-order valence-corrected chi connectivity index (χ2v) is 4.89. The number of hydrogen-bond acceptors (Lipinski definition) is 3. The van der Waals surface area contributed by atoms with E-state index in [0.717, 1.165) is 31.1 Å². The Morgan fingerprint density at radius 2 is 1.95 bits per heavy atom. The number of hydrogen-bond donors (Lipinski definition) is 0. The van der Waals surface area contributed by atoms with E-state index in [1.54, 1.807) is 0 Å². The van der Waals surface area contributed by atoms with Gasteiger partial charge in [0.25, 0.3) is 0 Å². The smallest absolute Gasteiger partial charge is 0.207 e. The molecule has 0 amide bonds. The van der Waals surface area contributed by atoms with E-state index >= 15 is 0 Å². The van der Waals surface area contributed by atoms with Gasteiger partial charge < -0.3 is 4.79 Å². The van der Waals surface area contributed by atoms with Crippen molar-refractivity contribution in [1.82, 2.24) is 0 Å². The third kappa shape index (κ3) is 5.64. The van der Waals surface area contributed by atoms with Crippen molar-refractivity contribution in [1.29, 1.82) is 0 Å². The van der Waals surface area contributed by atoms with Gasteiger partial charge in [0.15, 0.2) is 0 Å². The molecule has 2 atom stereocenters. The van der Waals surface area contributed by atoms with Crippen LogP contribution in [0.5, 0.6) is 0 Å². The lowest BCUT2D eigenvalue weighted by molar-refractivity contribution is -0.489. The third-order valence-corrected chi connectivity index (χ3v) is 3.43. The summed E-state index contributed by atoms with van der Waals surface area (Å²) >= 11 is 0. The van der Waals surface area contributed by atoms with Gasteiger partial charge in [-0.15, -0.1) is 0 Å². The minimum absolute atomic E-state index is 0.115. The standard InChI is InChI=1S/C15H21NO3/c1-2-6-15(12-17)14(11-16(18)19)10-9-13-7-4-3-5-8-13/h3-5,7-8,12,14-15H,2,6,9-11H2,1H3/t14-,15+/m1/s1. The average Bonchev–Trinajstić information content (AvgIpc) is 2.42. The maximum Gasteiger partial charge on any atom is 0.207 e. The number of nitrogens with zero attached hydrogens (tertiary/aromatic N) is 1. The van der Waals surface area contributed by atoms with Crippen LogP contribution in [0.15, 0.2) is 30.3 Å². The highest BCUT2D eigenvalue weighted by Crippen LogP contribution is 2.22. The Hall–Kier alpha value is -1.71. The fraction of sp³-hybridized carbons (Fsp3) is 0.533. The van der Waals surface area contributed by atoms with Crippen LogP contribution >= 0.6 is 0 Å². The number of carbonyl (C=O) groups excluding carboxylic acids is 1. The van der Waals surface area contributed by atoms with Gasteiger partial charge in [-0.2, -0.15) is 0 Å². The van der Waals surface area contributed by atoms with Crippen molar-refractivity contribution >= 4 is 6.29 Å². The zero-order valence-corrected chi connectivity index (χ0v) is 11.3. The Bertz CT molecular complexity index is 392. The van der Waals surface area contributed by atoms with Crippen molar-refractivity contribution in [2.45, 2.75) is 32.6 Å².